The van der Waals surface area contributed by atoms with E-state index in [1.54, 1.807) is 13.0 Å². The fraction of sp³-hybridized carbons (Fsp3) is 0.0625. The van der Waals surface area contributed by atoms with E-state index in [2.05, 4.69) is 9.71 Å². The third-order valence-electron chi connectivity index (χ3n) is 3.43. The summed E-state index contributed by atoms with van der Waals surface area (Å²) in [6.45, 7) is 1.59. The second kappa shape index (κ2) is 5.51. The van der Waals surface area contributed by atoms with Crippen molar-refractivity contribution < 1.29 is 12.8 Å². The van der Waals surface area contributed by atoms with Gasteiger partial charge in [0.1, 0.15) is 5.82 Å². The van der Waals surface area contributed by atoms with E-state index in [0.717, 1.165) is 6.07 Å². The monoisotopic (exact) mass is 332 g/mol. The number of halogens is 1. The molecule has 3 aromatic rings. The molecule has 3 rings (SSSR count). The molecular formula is C16H13FN2O3S. The molecule has 0 spiro atoms. The van der Waals surface area contributed by atoms with Gasteiger partial charge in [0, 0.05) is 11.6 Å². The highest BCUT2D eigenvalue weighted by Crippen LogP contribution is 2.21. The van der Waals surface area contributed by atoms with Crippen LogP contribution in [0, 0.1) is 12.7 Å². The van der Waals surface area contributed by atoms with Gasteiger partial charge in [0.05, 0.1) is 10.6 Å². The maximum atomic E-state index is 13.5. The molecule has 0 aliphatic heterocycles. The van der Waals surface area contributed by atoms with Crippen molar-refractivity contribution in [3.63, 3.8) is 0 Å². The number of nitrogens with one attached hydrogen (secondary N) is 2. The van der Waals surface area contributed by atoms with Crippen molar-refractivity contribution in [1.82, 2.24) is 4.98 Å². The van der Waals surface area contributed by atoms with Crippen molar-refractivity contribution in [1.29, 1.82) is 0 Å². The topological polar surface area (TPSA) is 79.0 Å². The van der Waals surface area contributed by atoms with Crippen LogP contribution < -0.4 is 10.3 Å². The number of hydrogen-bond acceptors (Lipinski definition) is 3. The highest BCUT2D eigenvalue weighted by Gasteiger charge is 2.15. The van der Waals surface area contributed by atoms with Crippen molar-refractivity contribution in [3.05, 3.63) is 70.3 Å². The van der Waals surface area contributed by atoms with Crippen LogP contribution in [0.2, 0.25) is 0 Å². The average Bonchev–Trinajstić information content (AvgIpc) is 2.50. The van der Waals surface area contributed by atoms with Gasteiger partial charge in [-0.25, -0.2) is 12.8 Å². The molecule has 0 fully saturated rings. The Morgan fingerprint density at radius 1 is 1.04 bits per heavy atom. The first-order valence-corrected chi connectivity index (χ1v) is 8.25. The van der Waals surface area contributed by atoms with Gasteiger partial charge in [-0.2, -0.15) is 0 Å². The molecule has 0 aliphatic rings. The van der Waals surface area contributed by atoms with Gasteiger partial charge in [0.2, 0.25) is 5.56 Å². The van der Waals surface area contributed by atoms with Gasteiger partial charge in [-0.05, 0) is 54.3 Å². The van der Waals surface area contributed by atoms with E-state index >= 15 is 0 Å². The minimum absolute atomic E-state index is 0.0260. The molecular weight excluding hydrogens is 319 g/mol. The molecule has 7 heteroatoms. The number of aromatic amines is 1. The van der Waals surface area contributed by atoms with Gasteiger partial charge in [0.25, 0.3) is 10.0 Å². The molecule has 1 heterocycles. The smallest absolute Gasteiger partial charge is 0.261 e. The second-order valence-corrected chi connectivity index (χ2v) is 6.82. The van der Waals surface area contributed by atoms with Crippen LogP contribution in [0.5, 0.6) is 0 Å². The molecule has 2 N–H and O–H groups in total. The van der Waals surface area contributed by atoms with E-state index in [1.165, 1.54) is 36.4 Å². The number of fused-ring (bicyclic) bond motifs is 1. The lowest BCUT2D eigenvalue weighted by molar-refractivity contribution is 0.601. The molecule has 0 amide bonds. The van der Waals surface area contributed by atoms with Crippen molar-refractivity contribution in [2.75, 3.05) is 4.72 Å². The number of benzene rings is 2. The summed E-state index contributed by atoms with van der Waals surface area (Å²) >= 11 is 0. The van der Waals surface area contributed by atoms with E-state index in [4.69, 9.17) is 0 Å². The van der Waals surface area contributed by atoms with Crippen molar-refractivity contribution >= 4 is 26.6 Å². The molecule has 0 radical (unpaired) electrons. The zero-order valence-corrected chi connectivity index (χ0v) is 12.9. The van der Waals surface area contributed by atoms with Gasteiger partial charge in [-0.3, -0.25) is 9.52 Å². The lowest BCUT2D eigenvalue weighted by Gasteiger charge is -2.09. The Hall–Kier alpha value is -2.67. The third kappa shape index (κ3) is 3.09. The second-order valence-electron chi connectivity index (χ2n) is 5.14. The minimum atomic E-state index is -3.85. The van der Waals surface area contributed by atoms with Gasteiger partial charge in [-0.1, -0.05) is 6.07 Å². The van der Waals surface area contributed by atoms with Crippen molar-refractivity contribution in [2.24, 2.45) is 0 Å². The molecule has 0 bridgehead atoms. The molecule has 118 valence electrons. The molecule has 2 aromatic carbocycles. The fourth-order valence-corrected chi connectivity index (χ4v) is 3.25. The number of aromatic nitrogens is 1. The SMILES string of the molecule is Cc1ccc(NS(=O)(=O)c2ccc3[nH]c(=O)ccc3c2)cc1F. The third-order valence-corrected chi connectivity index (χ3v) is 4.81. The summed E-state index contributed by atoms with van der Waals surface area (Å²) in [7, 11) is -3.85. The average molecular weight is 332 g/mol. The summed E-state index contributed by atoms with van der Waals surface area (Å²) in [6, 6.07) is 11.3. The van der Waals surface area contributed by atoms with Crippen LogP contribution in [-0.2, 0) is 10.0 Å². The molecule has 23 heavy (non-hydrogen) atoms. The van der Waals surface area contributed by atoms with Gasteiger partial charge in [-0.15, -0.1) is 0 Å². The largest absolute Gasteiger partial charge is 0.322 e. The first kappa shape index (κ1) is 15.2. The predicted octanol–water partition coefficient (Wildman–Crippen LogP) is 2.78. The van der Waals surface area contributed by atoms with Gasteiger partial charge < -0.3 is 4.98 Å². The number of pyridine rings is 1. The Morgan fingerprint density at radius 2 is 1.83 bits per heavy atom. The Labute approximate surface area is 131 Å². The number of anilines is 1. The lowest BCUT2D eigenvalue weighted by Crippen LogP contribution is -2.13. The Morgan fingerprint density at radius 3 is 2.57 bits per heavy atom. The predicted molar refractivity (Wildman–Crippen MR) is 86.5 cm³/mol. The Bertz CT molecular complexity index is 1060. The summed E-state index contributed by atoms with van der Waals surface area (Å²) in [5, 5.41) is 0.586. The molecule has 0 aliphatic carbocycles. The van der Waals surface area contributed by atoms with Crippen LogP contribution in [0.3, 0.4) is 0 Å². The number of H-pyrrole nitrogens is 1. The molecule has 0 saturated heterocycles. The minimum Gasteiger partial charge on any atom is -0.322 e. The zero-order valence-electron chi connectivity index (χ0n) is 12.1. The maximum Gasteiger partial charge on any atom is 0.261 e. The van der Waals surface area contributed by atoms with E-state index in [1.807, 2.05) is 0 Å². The van der Waals surface area contributed by atoms with Crippen LogP contribution >= 0.6 is 0 Å². The number of sulfonamides is 1. The van der Waals surface area contributed by atoms with E-state index in [9.17, 15) is 17.6 Å². The Balaban J connectivity index is 2.00. The molecule has 1 aromatic heterocycles. The van der Waals surface area contributed by atoms with Crippen LogP contribution in [0.15, 0.2) is 58.2 Å². The van der Waals surface area contributed by atoms with Crippen molar-refractivity contribution in [2.45, 2.75) is 11.8 Å². The van der Waals surface area contributed by atoms with Crippen LogP contribution in [-0.4, -0.2) is 13.4 Å². The van der Waals surface area contributed by atoms with Crippen LogP contribution in [0.1, 0.15) is 5.56 Å². The zero-order chi connectivity index (χ0) is 16.6. The van der Waals surface area contributed by atoms with E-state index < -0.39 is 15.8 Å². The highest BCUT2D eigenvalue weighted by molar-refractivity contribution is 7.92. The Kier molecular flexibility index (Phi) is 3.65. The van der Waals surface area contributed by atoms with Gasteiger partial charge >= 0.3 is 0 Å². The summed E-state index contributed by atoms with van der Waals surface area (Å²) in [6.07, 6.45) is 0. The lowest BCUT2D eigenvalue weighted by atomic mass is 10.2. The summed E-state index contributed by atoms with van der Waals surface area (Å²) < 4.78 is 40.7. The molecule has 0 atom stereocenters. The van der Waals surface area contributed by atoms with E-state index in [-0.39, 0.29) is 16.1 Å². The summed E-state index contributed by atoms with van der Waals surface area (Å²) in [5.41, 5.74) is 0.858. The number of aryl methyl sites for hydroxylation is 1. The van der Waals surface area contributed by atoms with Gasteiger partial charge in [0.15, 0.2) is 0 Å². The normalized spacial score (nSPS) is 11.6. The van der Waals surface area contributed by atoms with Crippen LogP contribution in [0.4, 0.5) is 10.1 Å². The molecule has 5 nitrogen and oxygen atoms in total. The number of rotatable bonds is 3. The highest BCUT2D eigenvalue weighted by atomic mass is 32.2. The summed E-state index contributed by atoms with van der Waals surface area (Å²) in [4.78, 5) is 13.9. The van der Waals surface area contributed by atoms with Crippen LogP contribution in [0.25, 0.3) is 10.9 Å². The first-order chi connectivity index (χ1) is 10.8. The fourth-order valence-electron chi connectivity index (χ4n) is 2.17. The summed E-state index contributed by atoms with van der Waals surface area (Å²) in [5.74, 6) is -0.485. The first-order valence-electron chi connectivity index (χ1n) is 6.77. The van der Waals surface area contributed by atoms with Crippen molar-refractivity contribution in [3.8, 4) is 0 Å². The maximum absolute atomic E-state index is 13.5. The molecule has 0 saturated carbocycles. The quantitative estimate of drug-likeness (QED) is 0.774. The van der Waals surface area contributed by atoms with E-state index in [0.29, 0.717) is 16.5 Å². The standard InChI is InChI=1S/C16H13FN2O3S/c1-10-2-4-12(9-14(10)17)19-23(21,22)13-5-6-15-11(8-13)3-7-16(20)18-15/h2-9,19H,1H3,(H,18,20). The molecule has 0 unspecified atom stereocenters. The number of hydrogen-bond donors (Lipinski definition) is 2.